The van der Waals surface area contributed by atoms with Crippen molar-refractivity contribution < 1.29 is 9.84 Å². The Morgan fingerprint density at radius 1 is 1.29 bits per heavy atom. The Hall–Kier alpha value is -2.07. The lowest BCUT2D eigenvalue weighted by molar-refractivity contribution is 0.199. The van der Waals surface area contributed by atoms with Gasteiger partial charge in [0.2, 0.25) is 0 Å². The Bertz CT molecular complexity index is 674. The van der Waals surface area contributed by atoms with E-state index < -0.39 is 6.10 Å². The molecule has 0 aliphatic rings. The van der Waals surface area contributed by atoms with Gasteiger partial charge >= 0.3 is 0 Å². The van der Waals surface area contributed by atoms with Crippen LogP contribution in [0, 0.1) is 6.92 Å². The van der Waals surface area contributed by atoms with Crippen LogP contribution in [0.25, 0.3) is 0 Å². The van der Waals surface area contributed by atoms with E-state index in [1.54, 1.807) is 23.6 Å². The highest BCUT2D eigenvalue weighted by molar-refractivity contribution is 5.38. The second-order valence-electron chi connectivity index (χ2n) is 5.07. The summed E-state index contributed by atoms with van der Waals surface area (Å²) >= 11 is 0. The molecule has 0 spiro atoms. The van der Waals surface area contributed by atoms with Gasteiger partial charge in [0.05, 0.1) is 19.3 Å². The standard InChI is InChI=1S/C17H21NO3/c1-4-21-16-9-8-14(13(3)19)10-15(16)11-18-12(2)6-5-7-17(18)20/h5-10,13,19H,4,11H2,1-3H3. The molecule has 1 N–H and O–H groups in total. The molecule has 0 aliphatic carbocycles. The van der Waals surface area contributed by atoms with E-state index in [0.29, 0.717) is 13.2 Å². The number of rotatable bonds is 5. The van der Waals surface area contributed by atoms with Crippen LogP contribution in [0.5, 0.6) is 5.75 Å². The molecule has 1 atom stereocenters. The van der Waals surface area contributed by atoms with E-state index >= 15 is 0 Å². The third-order valence-corrected chi connectivity index (χ3v) is 3.46. The molecule has 4 nitrogen and oxygen atoms in total. The quantitative estimate of drug-likeness (QED) is 0.920. The molecule has 2 rings (SSSR count). The molecule has 0 radical (unpaired) electrons. The van der Waals surface area contributed by atoms with Gasteiger partial charge in [-0.15, -0.1) is 0 Å². The fourth-order valence-corrected chi connectivity index (χ4v) is 2.28. The van der Waals surface area contributed by atoms with Crippen LogP contribution in [0.15, 0.2) is 41.2 Å². The fraction of sp³-hybridized carbons (Fsp3) is 0.353. The fourth-order valence-electron chi connectivity index (χ4n) is 2.28. The van der Waals surface area contributed by atoms with Crippen LogP contribution < -0.4 is 10.3 Å². The first-order valence-corrected chi connectivity index (χ1v) is 7.13. The normalized spacial score (nSPS) is 12.2. The van der Waals surface area contributed by atoms with Gasteiger partial charge < -0.3 is 14.4 Å². The summed E-state index contributed by atoms with van der Waals surface area (Å²) in [5.41, 5.74) is 2.56. The van der Waals surface area contributed by atoms with Crippen molar-refractivity contribution in [2.45, 2.75) is 33.4 Å². The molecule has 21 heavy (non-hydrogen) atoms. The molecule has 112 valence electrons. The predicted molar refractivity (Wildman–Crippen MR) is 82.8 cm³/mol. The van der Waals surface area contributed by atoms with E-state index in [2.05, 4.69) is 0 Å². The van der Waals surface area contributed by atoms with Gasteiger partial charge in [0, 0.05) is 17.3 Å². The van der Waals surface area contributed by atoms with Crippen LogP contribution in [0.1, 0.15) is 36.8 Å². The number of hydrogen-bond acceptors (Lipinski definition) is 3. The smallest absolute Gasteiger partial charge is 0.251 e. The second-order valence-corrected chi connectivity index (χ2v) is 5.07. The number of aryl methyl sites for hydroxylation is 1. The van der Waals surface area contributed by atoms with Crippen LogP contribution in [-0.4, -0.2) is 16.3 Å². The van der Waals surface area contributed by atoms with E-state index in [9.17, 15) is 9.90 Å². The third-order valence-electron chi connectivity index (χ3n) is 3.46. The Balaban J connectivity index is 2.45. The number of nitrogens with zero attached hydrogens (tertiary/aromatic N) is 1. The van der Waals surface area contributed by atoms with Gasteiger partial charge in [-0.3, -0.25) is 4.79 Å². The number of ether oxygens (including phenoxy) is 1. The Labute approximate surface area is 124 Å². The number of aliphatic hydroxyl groups excluding tert-OH is 1. The Morgan fingerprint density at radius 2 is 2.05 bits per heavy atom. The van der Waals surface area contributed by atoms with Gasteiger partial charge in [0.25, 0.3) is 5.56 Å². The zero-order valence-corrected chi connectivity index (χ0v) is 12.7. The van der Waals surface area contributed by atoms with Gasteiger partial charge in [-0.25, -0.2) is 0 Å². The maximum Gasteiger partial charge on any atom is 0.251 e. The zero-order valence-electron chi connectivity index (χ0n) is 12.7. The Morgan fingerprint density at radius 3 is 2.67 bits per heavy atom. The number of pyridine rings is 1. The second kappa shape index (κ2) is 6.59. The molecular formula is C17H21NO3. The van der Waals surface area contributed by atoms with E-state index in [0.717, 1.165) is 22.6 Å². The van der Waals surface area contributed by atoms with Gasteiger partial charge in [-0.1, -0.05) is 12.1 Å². The van der Waals surface area contributed by atoms with Crippen LogP contribution >= 0.6 is 0 Å². The van der Waals surface area contributed by atoms with Crippen LogP contribution in [0.2, 0.25) is 0 Å². The lowest BCUT2D eigenvalue weighted by atomic mass is 10.1. The molecule has 0 aliphatic heterocycles. The molecule has 4 heteroatoms. The summed E-state index contributed by atoms with van der Waals surface area (Å²) < 4.78 is 7.32. The van der Waals surface area contributed by atoms with Crippen molar-refractivity contribution in [2.24, 2.45) is 0 Å². The van der Waals surface area contributed by atoms with Gasteiger partial charge in [0.15, 0.2) is 0 Å². The average Bonchev–Trinajstić information content (AvgIpc) is 2.44. The summed E-state index contributed by atoms with van der Waals surface area (Å²) in [6.07, 6.45) is -0.548. The lowest BCUT2D eigenvalue weighted by Crippen LogP contribution is -2.22. The summed E-state index contributed by atoms with van der Waals surface area (Å²) in [5, 5.41) is 9.73. The minimum atomic E-state index is -0.548. The lowest BCUT2D eigenvalue weighted by Gasteiger charge is -2.16. The molecule has 1 aromatic carbocycles. The van der Waals surface area contributed by atoms with Crippen molar-refractivity contribution in [1.29, 1.82) is 0 Å². The summed E-state index contributed by atoms with van der Waals surface area (Å²) in [4.78, 5) is 12.0. The van der Waals surface area contributed by atoms with Crippen molar-refractivity contribution in [1.82, 2.24) is 4.57 Å². The highest BCUT2D eigenvalue weighted by Gasteiger charge is 2.10. The topological polar surface area (TPSA) is 51.5 Å². The number of aliphatic hydroxyl groups is 1. The number of benzene rings is 1. The van der Waals surface area contributed by atoms with Crippen LogP contribution in [-0.2, 0) is 6.54 Å². The largest absolute Gasteiger partial charge is 0.494 e. The van der Waals surface area contributed by atoms with Gasteiger partial charge in [0.1, 0.15) is 5.75 Å². The summed E-state index contributed by atoms with van der Waals surface area (Å²) in [5.74, 6) is 0.747. The van der Waals surface area contributed by atoms with Gasteiger partial charge in [-0.05, 0) is 44.5 Å². The van der Waals surface area contributed by atoms with E-state index in [-0.39, 0.29) is 5.56 Å². The van der Waals surface area contributed by atoms with Crippen molar-refractivity contribution in [2.75, 3.05) is 6.61 Å². The van der Waals surface area contributed by atoms with E-state index in [1.165, 1.54) is 0 Å². The van der Waals surface area contributed by atoms with Crippen LogP contribution in [0.4, 0.5) is 0 Å². The summed E-state index contributed by atoms with van der Waals surface area (Å²) in [7, 11) is 0. The molecule has 0 fully saturated rings. The number of aromatic nitrogens is 1. The molecule has 0 amide bonds. The highest BCUT2D eigenvalue weighted by Crippen LogP contribution is 2.24. The van der Waals surface area contributed by atoms with Crippen molar-refractivity contribution in [3.8, 4) is 5.75 Å². The van der Waals surface area contributed by atoms with Crippen LogP contribution in [0.3, 0.4) is 0 Å². The molecule has 1 unspecified atom stereocenters. The molecule has 0 saturated heterocycles. The molecule has 0 saturated carbocycles. The molecule has 1 heterocycles. The van der Waals surface area contributed by atoms with Gasteiger partial charge in [-0.2, -0.15) is 0 Å². The third kappa shape index (κ3) is 3.52. The maximum atomic E-state index is 12.0. The maximum absolute atomic E-state index is 12.0. The minimum absolute atomic E-state index is 0.0418. The molecule has 2 aromatic rings. The predicted octanol–water partition coefficient (Wildman–Crippen LogP) is 2.66. The molecular weight excluding hydrogens is 266 g/mol. The molecule has 1 aromatic heterocycles. The first-order chi connectivity index (χ1) is 10.0. The highest BCUT2D eigenvalue weighted by atomic mass is 16.5. The summed E-state index contributed by atoms with van der Waals surface area (Å²) in [6.45, 7) is 6.54. The summed E-state index contributed by atoms with van der Waals surface area (Å²) in [6, 6.07) is 10.8. The SMILES string of the molecule is CCOc1ccc(C(C)O)cc1Cn1c(C)cccc1=O. The van der Waals surface area contributed by atoms with Crippen molar-refractivity contribution in [3.05, 3.63) is 63.6 Å². The Kier molecular flexibility index (Phi) is 4.81. The zero-order chi connectivity index (χ0) is 15.4. The first-order valence-electron chi connectivity index (χ1n) is 7.13. The molecule has 0 bridgehead atoms. The minimum Gasteiger partial charge on any atom is -0.494 e. The van der Waals surface area contributed by atoms with E-state index in [4.69, 9.17) is 4.74 Å². The average molecular weight is 287 g/mol. The van der Waals surface area contributed by atoms with Crippen molar-refractivity contribution >= 4 is 0 Å². The van der Waals surface area contributed by atoms with E-state index in [1.807, 2.05) is 38.1 Å². The first kappa shape index (κ1) is 15.3. The number of hydrogen-bond donors (Lipinski definition) is 1. The monoisotopic (exact) mass is 287 g/mol. The van der Waals surface area contributed by atoms with Crippen molar-refractivity contribution in [3.63, 3.8) is 0 Å².